The minimum atomic E-state index is -1.17. The van der Waals surface area contributed by atoms with E-state index in [4.69, 9.17) is 10.8 Å². The maximum Gasteiger partial charge on any atom is 0.326 e. The molecule has 1 fully saturated rings. The number of nitrogens with two attached hydrogens (primary N) is 1. The lowest BCUT2D eigenvalue weighted by atomic mass is 9.97. The second-order valence-electron chi connectivity index (χ2n) is 5.74. The molecule has 7 heteroatoms. The van der Waals surface area contributed by atoms with E-state index in [-0.39, 0.29) is 18.9 Å². The van der Waals surface area contributed by atoms with Crippen LogP contribution in [-0.4, -0.2) is 35.1 Å². The van der Waals surface area contributed by atoms with Gasteiger partial charge in [-0.25, -0.2) is 9.59 Å². The van der Waals surface area contributed by atoms with Crippen molar-refractivity contribution in [3.05, 3.63) is 0 Å². The number of carbonyl (C=O) groups excluding carboxylic acids is 2. The first-order valence-electron chi connectivity index (χ1n) is 7.48. The van der Waals surface area contributed by atoms with Crippen LogP contribution in [0.1, 0.15) is 51.9 Å². The lowest BCUT2D eigenvalue weighted by Gasteiger charge is -2.24. The number of aliphatic carboxylic acids is 1. The van der Waals surface area contributed by atoms with Gasteiger partial charge < -0.3 is 21.5 Å². The molecule has 1 aliphatic carbocycles. The molecule has 5 N–H and O–H groups in total. The van der Waals surface area contributed by atoms with Crippen molar-refractivity contribution in [1.82, 2.24) is 10.6 Å². The lowest BCUT2D eigenvalue weighted by molar-refractivity contribution is -0.139. The number of carboxylic acid groups (broad SMARTS) is 1. The molecule has 0 spiro atoms. The third kappa shape index (κ3) is 6.46. The Hall–Kier alpha value is -1.79. The first kappa shape index (κ1) is 17.3. The van der Waals surface area contributed by atoms with Gasteiger partial charge in [-0.3, -0.25) is 4.79 Å². The van der Waals surface area contributed by atoms with Gasteiger partial charge in [0.25, 0.3) is 0 Å². The average molecular weight is 299 g/mol. The highest BCUT2D eigenvalue weighted by Gasteiger charge is 2.25. The fourth-order valence-electron chi connectivity index (χ4n) is 2.62. The number of carboxylic acids is 1. The zero-order valence-corrected chi connectivity index (χ0v) is 12.4. The summed E-state index contributed by atoms with van der Waals surface area (Å²) < 4.78 is 0. The summed E-state index contributed by atoms with van der Waals surface area (Å²) in [6, 6.07) is -1.53. The Morgan fingerprint density at radius 2 is 1.90 bits per heavy atom. The Bertz CT molecular complexity index is 386. The van der Waals surface area contributed by atoms with Crippen LogP contribution in [0.3, 0.4) is 0 Å². The van der Waals surface area contributed by atoms with Crippen molar-refractivity contribution in [2.75, 3.05) is 0 Å². The zero-order chi connectivity index (χ0) is 15.8. The number of rotatable bonds is 6. The van der Waals surface area contributed by atoms with Gasteiger partial charge in [0.2, 0.25) is 5.91 Å². The normalized spacial score (nSPS) is 23.7. The Balaban J connectivity index is 2.48. The molecule has 0 aromatic heterocycles. The molecular formula is C14H25N3O4. The van der Waals surface area contributed by atoms with E-state index < -0.39 is 23.9 Å². The third-order valence-corrected chi connectivity index (χ3v) is 3.96. The van der Waals surface area contributed by atoms with Gasteiger partial charge in [-0.1, -0.05) is 26.2 Å². The lowest BCUT2D eigenvalue weighted by Crippen LogP contribution is -2.50. The van der Waals surface area contributed by atoms with Crippen LogP contribution in [-0.2, 0) is 9.59 Å². The number of hydrogen-bond donors (Lipinski definition) is 4. The second kappa shape index (κ2) is 8.49. The van der Waals surface area contributed by atoms with Gasteiger partial charge in [0.05, 0.1) is 0 Å². The topological polar surface area (TPSA) is 122 Å². The second-order valence-corrected chi connectivity index (χ2v) is 5.74. The van der Waals surface area contributed by atoms with Crippen LogP contribution in [0.15, 0.2) is 0 Å². The first-order chi connectivity index (χ1) is 9.90. The molecule has 7 nitrogen and oxygen atoms in total. The molecule has 0 aromatic carbocycles. The largest absolute Gasteiger partial charge is 0.480 e. The van der Waals surface area contributed by atoms with Crippen molar-refractivity contribution in [2.24, 2.45) is 11.7 Å². The molecule has 0 radical (unpaired) electrons. The van der Waals surface area contributed by atoms with Crippen molar-refractivity contribution in [3.8, 4) is 0 Å². The molecule has 3 atom stereocenters. The standard InChI is InChI=1S/C14H25N3O4/c1-9-5-3-2-4-6-10(9)16-14(21)17-11(13(19)20)7-8-12(15)18/h9-11H,2-8H2,1H3,(H2,15,18)(H,19,20)(H2,16,17,21)/t9?,10?,11-/m0/s1. The van der Waals surface area contributed by atoms with Crippen molar-refractivity contribution in [2.45, 2.75) is 64.0 Å². The monoisotopic (exact) mass is 299 g/mol. The summed E-state index contributed by atoms with van der Waals surface area (Å²) in [6.07, 6.45) is 5.30. The molecule has 0 heterocycles. The Labute approximate surface area is 124 Å². The molecule has 21 heavy (non-hydrogen) atoms. The number of carbonyl (C=O) groups is 3. The van der Waals surface area contributed by atoms with Gasteiger partial charge >= 0.3 is 12.0 Å². The van der Waals surface area contributed by atoms with E-state index in [1.54, 1.807) is 0 Å². The molecule has 120 valence electrons. The summed E-state index contributed by atoms with van der Waals surface area (Å²) in [7, 11) is 0. The molecule has 0 bridgehead atoms. The summed E-state index contributed by atoms with van der Waals surface area (Å²) in [5.41, 5.74) is 5.00. The SMILES string of the molecule is CC1CCCCCC1NC(=O)N[C@@H](CCC(N)=O)C(=O)O. The van der Waals surface area contributed by atoms with E-state index in [0.29, 0.717) is 5.92 Å². The van der Waals surface area contributed by atoms with Gasteiger partial charge in [0.1, 0.15) is 6.04 Å². The highest BCUT2D eigenvalue weighted by molar-refractivity contribution is 5.83. The molecule has 0 saturated heterocycles. The van der Waals surface area contributed by atoms with Crippen LogP contribution in [0.4, 0.5) is 4.79 Å². The van der Waals surface area contributed by atoms with E-state index in [9.17, 15) is 14.4 Å². The van der Waals surface area contributed by atoms with Crippen LogP contribution in [0.5, 0.6) is 0 Å². The Morgan fingerprint density at radius 1 is 1.24 bits per heavy atom. The molecule has 0 aliphatic heterocycles. The summed E-state index contributed by atoms with van der Waals surface area (Å²) >= 11 is 0. The van der Waals surface area contributed by atoms with Crippen LogP contribution in [0.25, 0.3) is 0 Å². The van der Waals surface area contributed by atoms with Crippen molar-refractivity contribution in [3.63, 3.8) is 0 Å². The molecule has 0 aromatic rings. The summed E-state index contributed by atoms with van der Waals surface area (Å²) in [5.74, 6) is -1.37. The highest BCUT2D eigenvalue weighted by atomic mass is 16.4. The molecule has 3 amide bonds. The molecular weight excluding hydrogens is 274 g/mol. The van der Waals surface area contributed by atoms with Crippen molar-refractivity contribution >= 4 is 17.9 Å². The fourth-order valence-corrected chi connectivity index (χ4v) is 2.62. The minimum Gasteiger partial charge on any atom is -0.480 e. The maximum atomic E-state index is 11.9. The van der Waals surface area contributed by atoms with Crippen LogP contribution in [0.2, 0.25) is 0 Å². The number of primary amides is 1. The van der Waals surface area contributed by atoms with Gasteiger partial charge in [0.15, 0.2) is 0 Å². The average Bonchev–Trinajstić information content (AvgIpc) is 2.59. The van der Waals surface area contributed by atoms with Gasteiger partial charge in [-0.15, -0.1) is 0 Å². The van der Waals surface area contributed by atoms with E-state index in [0.717, 1.165) is 25.7 Å². The number of nitrogens with one attached hydrogen (secondary N) is 2. The number of amides is 3. The van der Waals surface area contributed by atoms with E-state index in [2.05, 4.69) is 17.6 Å². The summed E-state index contributed by atoms with van der Waals surface area (Å²) in [6.45, 7) is 2.10. The van der Waals surface area contributed by atoms with Gasteiger partial charge in [0, 0.05) is 12.5 Å². The summed E-state index contributed by atoms with van der Waals surface area (Å²) in [4.78, 5) is 33.7. The molecule has 2 unspecified atom stereocenters. The first-order valence-corrected chi connectivity index (χ1v) is 7.48. The number of hydrogen-bond acceptors (Lipinski definition) is 3. The maximum absolute atomic E-state index is 11.9. The van der Waals surface area contributed by atoms with Crippen molar-refractivity contribution in [1.29, 1.82) is 0 Å². The van der Waals surface area contributed by atoms with Crippen LogP contribution in [0, 0.1) is 5.92 Å². The predicted molar refractivity (Wildman–Crippen MR) is 77.6 cm³/mol. The quantitative estimate of drug-likeness (QED) is 0.546. The summed E-state index contributed by atoms with van der Waals surface area (Å²) in [5, 5.41) is 14.3. The molecule has 1 aliphatic rings. The van der Waals surface area contributed by atoms with Crippen LogP contribution < -0.4 is 16.4 Å². The van der Waals surface area contributed by atoms with Crippen molar-refractivity contribution < 1.29 is 19.5 Å². The van der Waals surface area contributed by atoms with E-state index in [1.165, 1.54) is 6.42 Å². The van der Waals surface area contributed by atoms with Gasteiger partial charge in [-0.2, -0.15) is 0 Å². The van der Waals surface area contributed by atoms with Crippen LogP contribution >= 0.6 is 0 Å². The van der Waals surface area contributed by atoms with E-state index >= 15 is 0 Å². The highest BCUT2D eigenvalue weighted by Crippen LogP contribution is 2.22. The fraction of sp³-hybridized carbons (Fsp3) is 0.786. The molecule has 1 rings (SSSR count). The minimum absolute atomic E-state index is 0.00168. The van der Waals surface area contributed by atoms with Gasteiger partial charge in [-0.05, 0) is 25.2 Å². The molecule has 1 saturated carbocycles. The smallest absolute Gasteiger partial charge is 0.326 e. The third-order valence-electron chi connectivity index (χ3n) is 3.96. The Morgan fingerprint density at radius 3 is 2.52 bits per heavy atom. The predicted octanol–water partition coefficient (Wildman–Crippen LogP) is 0.973. The Kier molecular flexibility index (Phi) is 6.98. The van der Waals surface area contributed by atoms with E-state index in [1.807, 2.05) is 0 Å². The number of urea groups is 1. The zero-order valence-electron chi connectivity index (χ0n) is 12.4.